The van der Waals surface area contributed by atoms with Gasteiger partial charge in [-0.2, -0.15) is 9.67 Å². The van der Waals surface area contributed by atoms with Gasteiger partial charge in [0.05, 0.1) is 6.21 Å². The van der Waals surface area contributed by atoms with E-state index in [2.05, 4.69) is 52.1 Å². The second kappa shape index (κ2) is 9.20. The number of pyridine rings is 1. The fourth-order valence-electron chi connectivity index (χ4n) is 2.79. The number of amides is 1. The van der Waals surface area contributed by atoms with Crippen LogP contribution in [-0.4, -0.2) is 17.2 Å². The average Bonchev–Trinajstić information content (AvgIpc) is 2.55. The molecule has 0 bridgehead atoms. The number of rotatable bonds is 4. The zero-order valence-electron chi connectivity index (χ0n) is 17.5. The van der Waals surface area contributed by atoms with Gasteiger partial charge in [0.25, 0.3) is 0 Å². The molecule has 0 unspecified atom stereocenters. The van der Waals surface area contributed by atoms with Gasteiger partial charge < -0.3 is 17.5 Å². The number of hydrogen-bond donors (Lipinski definition) is 2. The van der Waals surface area contributed by atoms with Gasteiger partial charge in [0.15, 0.2) is 12.4 Å². The SMILES string of the molecule is CC(C)(C)c1cc(C=NNC(=O)C[n+]2ccccc2)cc(C(C)(C)C)c1O.[Cl-]. The maximum Gasteiger partial charge on any atom is 0.305 e. The highest BCUT2D eigenvalue weighted by atomic mass is 35.5. The largest absolute Gasteiger partial charge is 1.00 e. The number of aromatic hydroxyl groups is 1. The third-order valence-corrected chi connectivity index (χ3v) is 4.25. The van der Waals surface area contributed by atoms with Gasteiger partial charge in [0.2, 0.25) is 6.54 Å². The lowest BCUT2D eigenvalue weighted by Crippen LogP contribution is -3.00. The minimum absolute atomic E-state index is 0. The molecule has 1 aromatic heterocycles. The van der Waals surface area contributed by atoms with E-state index in [1.54, 1.807) is 10.8 Å². The minimum Gasteiger partial charge on any atom is -1.00 e. The number of nitrogens with one attached hydrogen (secondary N) is 1. The highest BCUT2D eigenvalue weighted by molar-refractivity contribution is 5.83. The predicted molar refractivity (Wildman–Crippen MR) is 108 cm³/mol. The van der Waals surface area contributed by atoms with Crippen LogP contribution in [0.5, 0.6) is 5.75 Å². The van der Waals surface area contributed by atoms with Crippen LogP contribution in [0.4, 0.5) is 0 Å². The Balaban J connectivity index is 0.00000392. The summed E-state index contributed by atoms with van der Waals surface area (Å²) in [6.07, 6.45) is 5.28. The first-order valence-electron chi connectivity index (χ1n) is 9.12. The number of aromatic nitrogens is 1. The fourth-order valence-corrected chi connectivity index (χ4v) is 2.79. The van der Waals surface area contributed by atoms with Gasteiger partial charge in [-0.1, -0.05) is 47.6 Å². The van der Waals surface area contributed by atoms with Crippen LogP contribution in [0.1, 0.15) is 58.2 Å². The highest BCUT2D eigenvalue weighted by Gasteiger charge is 2.26. The quantitative estimate of drug-likeness (QED) is 0.441. The second-order valence-corrected chi connectivity index (χ2v) is 8.81. The van der Waals surface area contributed by atoms with Crippen LogP contribution < -0.4 is 22.4 Å². The Morgan fingerprint density at radius 3 is 2.00 bits per heavy atom. The van der Waals surface area contributed by atoms with E-state index in [1.165, 1.54) is 0 Å². The third kappa shape index (κ3) is 6.34. The zero-order chi connectivity index (χ0) is 20.2. The van der Waals surface area contributed by atoms with Crippen molar-refractivity contribution in [1.29, 1.82) is 0 Å². The molecule has 1 heterocycles. The summed E-state index contributed by atoms with van der Waals surface area (Å²) in [7, 11) is 0. The normalized spacial score (nSPS) is 11.9. The van der Waals surface area contributed by atoms with E-state index in [4.69, 9.17) is 0 Å². The van der Waals surface area contributed by atoms with Crippen LogP contribution in [0.25, 0.3) is 0 Å². The van der Waals surface area contributed by atoms with Gasteiger partial charge in [-0.3, -0.25) is 4.79 Å². The summed E-state index contributed by atoms with van der Waals surface area (Å²) in [6.45, 7) is 12.6. The number of benzene rings is 1. The van der Waals surface area contributed by atoms with Gasteiger partial charge in [0.1, 0.15) is 5.75 Å². The number of hydrazone groups is 1. The summed E-state index contributed by atoms with van der Waals surface area (Å²) in [6, 6.07) is 9.49. The van der Waals surface area contributed by atoms with E-state index in [1.807, 2.05) is 42.7 Å². The molecule has 0 fully saturated rings. The molecule has 0 aliphatic rings. The van der Waals surface area contributed by atoms with Crippen LogP contribution in [0.2, 0.25) is 0 Å². The molecule has 0 radical (unpaired) electrons. The third-order valence-electron chi connectivity index (χ3n) is 4.25. The first-order chi connectivity index (χ1) is 12.5. The van der Waals surface area contributed by atoms with Gasteiger partial charge in [-0.05, 0) is 28.5 Å². The van der Waals surface area contributed by atoms with Crippen LogP contribution in [0, 0.1) is 0 Å². The van der Waals surface area contributed by atoms with Gasteiger partial charge in [-0.15, -0.1) is 0 Å². The zero-order valence-corrected chi connectivity index (χ0v) is 18.2. The monoisotopic (exact) mass is 403 g/mol. The van der Waals surface area contributed by atoms with Crippen molar-refractivity contribution >= 4 is 12.1 Å². The van der Waals surface area contributed by atoms with Gasteiger partial charge in [-0.25, -0.2) is 5.43 Å². The van der Waals surface area contributed by atoms with Crippen molar-refractivity contribution in [3.8, 4) is 5.75 Å². The number of carbonyl (C=O) groups is 1. The maximum absolute atomic E-state index is 12.0. The van der Waals surface area contributed by atoms with Crippen molar-refractivity contribution in [3.63, 3.8) is 0 Å². The van der Waals surface area contributed by atoms with Crippen LogP contribution in [0.15, 0.2) is 47.8 Å². The first kappa shape index (κ1) is 23.6. The summed E-state index contributed by atoms with van der Waals surface area (Å²) in [5.41, 5.74) is 4.71. The van der Waals surface area contributed by atoms with E-state index in [-0.39, 0.29) is 35.7 Å². The molecule has 1 amide bonds. The second-order valence-electron chi connectivity index (χ2n) is 8.81. The number of phenols is 1. The molecule has 5 nitrogen and oxygen atoms in total. The predicted octanol–water partition coefficient (Wildman–Crippen LogP) is 0.429. The number of halogens is 1. The molecule has 0 aliphatic heterocycles. The Bertz CT molecular complexity index is 800. The Morgan fingerprint density at radius 2 is 1.54 bits per heavy atom. The van der Waals surface area contributed by atoms with Gasteiger partial charge in [0, 0.05) is 23.3 Å². The Hall–Kier alpha value is -2.40. The minimum atomic E-state index is -0.207. The maximum atomic E-state index is 12.0. The summed E-state index contributed by atoms with van der Waals surface area (Å²) in [5, 5.41) is 14.8. The van der Waals surface area contributed by atoms with Crippen molar-refractivity contribution in [2.24, 2.45) is 5.10 Å². The molecule has 28 heavy (non-hydrogen) atoms. The smallest absolute Gasteiger partial charge is 0.305 e. The molecule has 0 spiro atoms. The summed E-state index contributed by atoms with van der Waals surface area (Å²) < 4.78 is 1.78. The molecule has 0 atom stereocenters. The number of carbonyl (C=O) groups excluding carboxylic acids is 1. The van der Waals surface area contributed by atoms with Crippen LogP contribution in [0.3, 0.4) is 0 Å². The molecule has 0 aliphatic carbocycles. The standard InChI is InChI=1S/C22H29N3O2.ClH/c1-21(2,3)17-12-16(13-18(20(17)27)22(4,5)6)14-23-24-19(26)15-25-10-8-7-9-11-25;/h7-14H,15H2,1-6H3,(H-,23,24,26,27);1H. The highest BCUT2D eigenvalue weighted by Crippen LogP contribution is 2.39. The molecule has 6 heteroatoms. The van der Waals surface area contributed by atoms with E-state index in [0.29, 0.717) is 5.75 Å². The molecule has 0 saturated carbocycles. The molecule has 2 aromatic rings. The van der Waals surface area contributed by atoms with E-state index in [0.717, 1.165) is 16.7 Å². The Labute approximate surface area is 173 Å². The molecule has 2 rings (SSSR count). The van der Waals surface area contributed by atoms with E-state index < -0.39 is 0 Å². The molecule has 2 N–H and O–H groups in total. The van der Waals surface area contributed by atoms with Crippen LogP contribution in [-0.2, 0) is 22.2 Å². The van der Waals surface area contributed by atoms with Crippen molar-refractivity contribution in [2.45, 2.75) is 58.9 Å². The molecule has 1 aromatic carbocycles. The first-order valence-corrected chi connectivity index (χ1v) is 9.12. The topological polar surface area (TPSA) is 65.6 Å². The lowest BCUT2D eigenvalue weighted by atomic mass is 9.78. The molecular formula is C22H30ClN3O2. The number of hydrogen-bond acceptors (Lipinski definition) is 3. The van der Waals surface area contributed by atoms with E-state index >= 15 is 0 Å². The van der Waals surface area contributed by atoms with Crippen molar-refractivity contribution < 1.29 is 26.9 Å². The summed E-state index contributed by atoms with van der Waals surface area (Å²) in [4.78, 5) is 12.0. The fraction of sp³-hybridized carbons (Fsp3) is 0.409. The van der Waals surface area contributed by atoms with Crippen LogP contribution >= 0.6 is 0 Å². The van der Waals surface area contributed by atoms with Crippen molar-refractivity contribution in [2.75, 3.05) is 0 Å². The lowest BCUT2D eigenvalue weighted by Gasteiger charge is -2.27. The van der Waals surface area contributed by atoms with Crippen molar-refractivity contribution in [1.82, 2.24) is 5.43 Å². The number of nitrogens with zero attached hydrogens (tertiary/aromatic N) is 2. The van der Waals surface area contributed by atoms with Gasteiger partial charge >= 0.3 is 5.91 Å². The summed E-state index contributed by atoms with van der Waals surface area (Å²) in [5.74, 6) is 0.130. The number of phenolic OH excluding ortho intramolecular Hbond substituents is 1. The molecule has 0 saturated heterocycles. The lowest BCUT2D eigenvalue weighted by molar-refractivity contribution is -0.684. The summed E-state index contributed by atoms with van der Waals surface area (Å²) >= 11 is 0. The van der Waals surface area contributed by atoms with Crippen molar-refractivity contribution in [3.05, 3.63) is 59.4 Å². The average molecular weight is 404 g/mol. The Kier molecular flexibility index (Phi) is 7.76. The Morgan fingerprint density at radius 1 is 1.04 bits per heavy atom. The van der Waals surface area contributed by atoms with E-state index in [9.17, 15) is 9.90 Å². The molecular weight excluding hydrogens is 374 g/mol. The molecule has 152 valence electrons.